The van der Waals surface area contributed by atoms with Gasteiger partial charge < -0.3 is 4.74 Å². The first-order chi connectivity index (χ1) is 9.80. The summed E-state index contributed by atoms with van der Waals surface area (Å²) >= 11 is 0. The molecule has 0 aliphatic heterocycles. The SMILES string of the molecule is C/C=C\C(=C/C)COc1ccc(CCCC)cc1.CC. The number of allylic oxidation sites excluding steroid dienone is 2. The smallest absolute Gasteiger partial charge is 0.119 e. The number of benzene rings is 1. The molecule has 0 saturated heterocycles. The number of unbranched alkanes of at least 4 members (excludes halogenated alkanes) is 1. The average Bonchev–Trinajstić information content (AvgIpc) is 2.52. The third-order valence-electron chi connectivity index (χ3n) is 2.90. The predicted molar refractivity (Wildman–Crippen MR) is 90.5 cm³/mol. The molecule has 1 rings (SSSR count). The Labute approximate surface area is 125 Å². The lowest BCUT2D eigenvalue weighted by Gasteiger charge is -2.07. The van der Waals surface area contributed by atoms with Crippen LogP contribution in [0.15, 0.2) is 48.1 Å². The number of hydrogen-bond acceptors (Lipinski definition) is 1. The van der Waals surface area contributed by atoms with E-state index in [2.05, 4.69) is 43.3 Å². The van der Waals surface area contributed by atoms with Gasteiger partial charge in [-0.3, -0.25) is 0 Å². The standard InChI is InChI=1S/C17H24O.C2H6/c1-4-7-9-16-10-12-17(13-11-16)18-14-15(6-3)8-5-2;1-2/h5-6,8,10-13H,4,7,9,14H2,1-3H3;1-2H3/b8-5-,15-6+;. The van der Waals surface area contributed by atoms with Crippen molar-refractivity contribution in [1.29, 1.82) is 0 Å². The van der Waals surface area contributed by atoms with Crippen LogP contribution in [0.4, 0.5) is 0 Å². The lowest BCUT2D eigenvalue weighted by Crippen LogP contribution is -1.99. The van der Waals surface area contributed by atoms with E-state index >= 15 is 0 Å². The molecule has 0 bridgehead atoms. The van der Waals surface area contributed by atoms with Gasteiger partial charge in [0, 0.05) is 0 Å². The summed E-state index contributed by atoms with van der Waals surface area (Å²) in [6, 6.07) is 8.45. The van der Waals surface area contributed by atoms with E-state index in [4.69, 9.17) is 4.74 Å². The van der Waals surface area contributed by atoms with E-state index in [9.17, 15) is 0 Å². The van der Waals surface area contributed by atoms with E-state index in [0.29, 0.717) is 6.61 Å². The molecule has 0 amide bonds. The predicted octanol–water partition coefficient (Wildman–Crippen LogP) is 5.96. The highest BCUT2D eigenvalue weighted by Crippen LogP contribution is 2.15. The molecule has 1 aromatic rings. The number of rotatable bonds is 7. The third-order valence-corrected chi connectivity index (χ3v) is 2.90. The van der Waals surface area contributed by atoms with E-state index in [-0.39, 0.29) is 0 Å². The van der Waals surface area contributed by atoms with Crippen LogP contribution in [0.5, 0.6) is 5.75 Å². The van der Waals surface area contributed by atoms with Crippen molar-refractivity contribution in [3.05, 3.63) is 53.6 Å². The van der Waals surface area contributed by atoms with Crippen LogP contribution in [0, 0.1) is 0 Å². The maximum atomic E-state index is 5.75. The Morgan fingerprint density at radius 2 is 1.75 bits per heavy atom. The lowest BCUT2D eigenvalue weighted by molar-refractivity contribution is 0.355. The summed E-state index contributed by atoms with van der Waals surface area (Å²) in [5, 5.41) is 0. The fourth-order valence-corrected chi connectivity index (χ4v) is 1.74. The molecule has 0 saturated carbocycles. The molecule has 0 aromatic heterocycles. The summed E-state index contributed by atoms with van der Waals surface area (Å²) in [4.78, 5) is 0. The number of hydrogen-bond donors (Lipinski definition) is 0. The van der Waals surface area contributed by atoms with Gasteiger partial charge in [-0.05, 0) is 50.0 Å². The second-order valence-corrected chi connectivity index (χ2v) is 4.40. The maximum absolute atomic E-state index is 5.75. The van der Waals surface area contributed by atoms with Crippen molar-refractivity contribution in [2.24, 2.45) is 0 Å². The molecule has 0 N–H and O–H groups in total. The van der Waals surface area contributed by atoms with Crippen LogP contribution in [0.25, 0.3) is 0 Å². The molecule has 0 atom stereocenters. The van der Waals surface area contributed by atoms with Crippen molar-refractivity contribution in [3.8, 4) is 5.75 Å². The van der Waals surface area contributed by atoms with Crippen molar-refractivity contribution in [1.82, 2.24) is 0 Å². The summed E-state index contributed by atoms with van der Waals surface area (Å²) in [6.45, 7) is 10.9. The molecule has 20 heavy (non-hydrogen) atoms. The number of aryl methyl sites for hydroxylation is 1. The molecule has 0 heterocycles. The fourth-order valence-electron chi connectivity index (χ4n) is 1.74. The Hall–Kier alpha value is -1.50. The quantitative estimate of drug-likeness (QED) is 0.558. The average molecular weight is 274 g/mol. The largest absolute Gasteiger partial charge is 0.489 e. The van der Waals surface area contributed by atoms with Crippen LogP contribution < -0.4 is 4.74 Å². The zero-order chi connectivity index (χ0) is 15.2. The van der Waals surface area contributed by atoms with Gasteiger partial charge in [-0.1, -0.05) is 57.6 Å². The van der Waals surface area contributed by atoms with Gasteiger partial charge in [-0.15, -0.1) is 0 Å². The summed E-state index contributed by atoms with van der Waals surface area (Å²) in [5.74, 6) is 0.944. The van der Waals surface area contributed by atoms with Crippen molar-refractivity contribution in [2.75, 3.05) is 6.61 Å². The molecule has 0 radical (unpaired) electrons. The molecule has 1 aromatic carbocycles. The molecular weight excluding hydrogens is 244 g/mol. The zero-order valence-corrected chi connectivity index (χ0v) is 13.8. The fraction of sp³-hybridized carbons (Fsp3) is 0.474. The summed E-state index contributed by atoms with van der Waals surface area (Å²) in [5.41, 5.74) is 2.59. The van der Waals surface area contributed by atoms with Gasteiger partial charge in [0.25, 0.3) is 0 Å². The first-order valence-electron chi connectivity index (χ1n) is 7.79. The van der Waals surface area contributed by atoms with Crippen LogP contribution in [-0.2, 0) is 6.42 Å². The van der Waals surface area contributed by atoms with E-state index in [0.717, 1.165) is 12.2 Å². The van der Waals surface area contributed by atoms with Crippen molar-refractivity contribution < 1.29 is 4.74 Å². The molecule has 0 spiro atoms. The molecule has 0 aliphatic rings. The van der Waals surface area contributed by atoms with Gasteiger partial charge in [0.15, 0.2) is 0 Å². The Balaban J connectivity index is 0.00000172. The third kappa shape index (κ3) is 7.83. The minimum atomic E-state index is 0.634. The topological polar surface area (TPSA) is 9.23 Å². The lowest BCUT2D eigenvalue weighted by atomic mass is 10.1. The Kier molecular flexibility index (Phi) is 11.6. The molecule has 0 fully saturated rings. The highest BCUT2D eigenvalue weighted by Gasteiger charge is 1.97. The monoisotopic (exact) mass is 274 g/mol. The van der Waals surface area contributed by atoms with Crippen LogP contribution in [0.1, 0.15) is 53.0 Å². The van der Waals surface area contributed by atoms with Crippen molar-refractivity contribution in [3.63, 3.8) is 0 Å². The van der Waals surface area contributed by atoms with Crippen LogP contribution in [0.3, 0.4) is 0 Å². The van der Waals surface area contributed by atoms with Gasteiger partial charge in [-0.25, -0.2) is 0 Å². The minimum Gasteiger partial charge on any atom is -0.489 e. The molecule has 112 valence electrons. The van der Waals surface area contributed by atoms with E-state index in [1.165, 1.54) is 24.0 Å². The van der Waals surface area contributed by atoms with E-state index in [1.54, 1.807) is 0 Å². The van der Waals surface area contributed by atoms with Gasteiger partial charge in [-0.2, -0.15) is 0 Å². The molecule has 0 aliphatic carbocycles. The Bertz CT molecular complexity index is 385. The molecule has 1 heteroatoms. The Morgan fingerprint density at radius 1 is 1.10 bits per heavy atom. The number of ether oxygens (including phenoxy) is 1. The molecular formula is C19H30O. The van der Waals surface area contributed by atoms with E-state index < -0.39 is 0 Å². The molecule has 1 nitrogen and oxygen atoms in total. The summed E-state index contributed by atoms with van der Waals surface area (Å²) in [6.07, 6.45) is 9.85. The van der Waals surface area contributed by atoms with Gasteiger partial charge >= 0.3 is 0 Å². The maximum Gasteiger partial charge on any atom is 0.119 e. The first kappa shape index (κ1) is 18.5. The summed E-state index contributed by atoms with van der Waals surface area (Å²) < 4.78 is 5.75. The van der Waals surface area contributed by atoms with Crippen molar-refractivity contribution >= 4 is 0 Å². The van der Waals surface area contributed by atoms with Crippen molar-refractivity contribution in [2.45, 2.75) is 53.9 Å². The van der Waals surface area contributed by atoms with Crippen LogP contribution >= 0.6 is 0 Å². The summed E-state index contributed by atoms with van der Waals surface area (Å²) in [7, 11) is 0. The second-order valence-electron chi connectivity index (χ2n) is 4.40. The highest BCUT2D eigenvalue weighted by molar-refractivity contribution is 5.28. The van der Waals surface area contributed by atoms with Crippen LogP contribution in [0.2, 0.25) is 0 Å². The molecule has 0 unspecified atom stereocenters. The van der Waals surface area contributed by atoms with Gasteiger partial charge in [0.2, 0.25) is 0 Å². The van der Waals surface area contributed by atoms with E-state index in [1.807, 2.05) is 33.8 Å². The van der Waals surface area contributed by atoms with Crippen LogP contribution in [-0.4, -0.2) is 6.61 Å². The highest BCUT2D eigenvalue weighted by atomic mass is 16.5. The Morgan fingerprint density at radius 3 is 2.25 bits per heavy atom. The normalized spacial score (nSPS) is 11.2. The van der Waals surface area contributed by atoms with Gasteiger partial charge in [0.1, 0.15) is 12.4 Å². The first-order valence-corrected chi connectivity index (χ1v) is 7.79. The second kappa shape index (κ2) is 12.5. The zero-order valence-electron chi connectivity index (χ0n) is 13.8. The van der Waals surface area contributed by atoms with Gasteiger partial charge in [0.05, 0.1) is 0 Å². The minimum absolute atomic E-state index is 0.634.